The Morgan fingerprint density at radius 2 is 1.76 bits per heavy atom. The number of phenols is 1. The highest BCUT2D eigenvalue weighted by Crippen LogP contribution is 2.39. The van der Waals surface area contributed by atoms with E-state index in [-0.39, 0.29) is 11.3 Å². The van der Waals surface area contributed by atoms with Crippen LogP contribution in [0.3, 0.4) is 0 Å². The standard InChI is InChI=1S/C17H18O4/c1-10-9-13(12-7-5-6-8-14(12)20-3)15(17(19)21-4)16(18)11(10)2/h5-9,18H,1-4H3. The molecule has 4 heteroatoms. The van der Waals surface area contributed by atoms with Gasteiger partial charge < -0.3 is 14.6 Å². The number of phenolic OH excluding ortho intramolecular Hbond substituents is 1. The van der Waals surface area contributed by atoms with Crippen molar-refractivity contribution < 1.29 is 19.4 Å². The molecule has 0 saturated heterocycles. The van der Waals surface area contributed by atoms with Crippen LogP contribution >= 0.6 is 0 Å². The molecule has 0 aliphatic heterocycles. The third-order valence-electron chi connectivity index (χ3n) is 3.60. The molecule has 21 heavy (non-hydrogen) atoms. The fourth-order valence-corrected chi connectivity index (χ4v) is 2.29. The van der Waals surface area contributed by atoms with E-state index in [2.05, 4.69) is 0 Å². The van der Waals surface area contributed by atoms with E-state index in [0.717, 1.165) is 11.1 Å². The zero-order valence-electron chi connectivity index (χ0n) is 12.6. The van der Waals surface area contributed by atoms with Gasteiger partial charge in [-0.05, 0) is 37.1 Å². The molecule has 2 aromatic rings. The van der Waals surface area contributed by atoms with Crippen molar-refractivity contribution in [3.63, 3.8) is 0 Å². The summed E-state index contributed by atoms with van der Waals surface area (Å²) >= 11 is 0. The molecule has 0 aliphatic rings. The molecule has 2 rings (SSSR count). The Morgan fingerprint density at radius 1 is 1.10 bits per heavy atom. The zero-order valence-corrected chi connectivity index (χ0v) is 12.6. The van der Waals surface area contributed by atoms with Gasteiger partial charge in [-0.15, -0.1) is 0 Å². The molecule has 0 atom stereocenters. The van der Waals surface area contributed by atoms with Crippen molar-refractivity contribution in [1.82, 2.24) is 0 Å². The minimum absolute atomic E-state index is 0.0530. The molecule has 1 N–H and O–H groups in total. The number of hydrogen-bond donors (Lipinski definition) is 1. The van der Waals surface area contributed by atoms with Crippen LogP contribution in [-0.4, -0.2) is 25.3 Å². The van der Waals surface area contributed by atoms with E-state index in [4.69, 9.17) is 9.47 Å². The molecule has 0 amide bonds. The number of para-hydroxylation sites is 1. The first kappa shape index (κ1) is 14.9. The second kappa shape index (κ2) is 5.87. The van der Waals surface area contributed by atoms with Crippen molar-refractivity contribution in [2.24, 2.45) is 0 Å². The van der Waals surface area contributed by atoms with Crippen LogP contribution in [0.2, 0.25) is 0 Å². The topological polar surface area (TPSA) is 55.8 Å². The van der Waals surface area contributed by atoms with E-state index in [9.17, 15) is 9.90 Å². The lowest BCUT2D eigenvalue weighted by molar-refractivity contribution is 0.0598. The predicted molar refractivity (Wildman–Crippen MR) is 80.9 cm³/mol. The number of esters is 1. The number of methoxy groups -OCH3 is 2. The van der Waals surface area contributed by atoms with Gasteiger partial charge >= 0.3 is 5.97 Å². The monoisotopic (exact) mass is 286 g/mol. The van der Waals surface area contributed by atoms with E-state index < -0.39 is 5.97 Å². The van der Waals surface area contributed by atoms with Crippen LogP contribution in [-0.2, 0) is 4.74 Å². The Balaban J connectivity index is 2.82. The maximum absolute atomic E-state index is 12.1. The molecular weight excluding hydrogens is 268 g/mol. The highest BCUT2D eigenvalue weighted by atomic mass is 16.5. The van der Waals surface area contributed by atoms with E-state index in [1.807, 2.05) is 37.3 Å². The Morgan fingerprint density at radius 3 is 2.38 bits per heavy atom. The Kier molecular flexibility index (Phi) is 4.17. The van der Waals surface area contributed by atoms with E-state index >= 15 is 0 Å². The average Bonchev–Trinajstić information content (AvgIpc) is 2.51. The molecule has 2 aromatic carbocycles. The van der Waals surface area contributed by atoms with Crippen molar-refractivity contribution in [3.8, 4) is 22.6 Å². The highest BCUT2D eigenvalue weighted by molar-refractivity contribution is 6.01. The molecule has 0 spiro atoms. The number of benzene rings is 2. The first-order valence-electron chi connectivity index (χ1n) is 6.56. The van der Waals surface area contributed by atoms with E-state index in [1.54, 1.807) is 14.0 Å². The molecule has 0 radical (unpaired) electrons. The van der Waals surface area contributed by atoms with Crippen LogP contribution in [0.15, 0.2) is 30.3 Å². The third kappa shape index (κ3) is 2.57. The Bertz CT molecular complexity index is 689. The van der Waals surface area contributed by atoms with Gasteiger partial charge in [0.1, 0.15) is 17.1 Å². The van der Waals surface area contributed by atoms with Gasteiger partial charge in [-0.2, -0.15) is 0 Å². The van der Waals surface area contributed by atoms with Crippen LogP contribution in [0.5, 0.6) is 11.5 Å². The quantitative estimate of drug-likeness (QED) is 0.878. The van der Waals surface area contributed by atoms with Crippen molar-refractivity contribution in [2.75, 3.05) is 14.2 Å². The first-order chi connectivity index (χ1) is 10.0. The lowest BCUT2D eigenvalue weighted by atomic mass is 9.93. The third-order valence-corrected chi connectivity index (χ3v) is 3.60. The zero-order chi connectivity index (χ0) is 15.6. The molecule has 0 fully saturated rings. The fraction of sp³-hybridized carbons (Fsp3) is 0.235. The number of aromatic hydroxyl groups is 1. The number of hydrogen-bond acceptors (Lipinski definition) is 4. The fourth-order valence-electron chi connectivity index (χ4n) is 2.29. The van der Waals surface area contributed by atoms with E-state index in [0.29, 0.717) is 16.9 Å². The van der Waals surface area contributed by atoms with Gasteiger partial charge in [-0.25, -0.2) is 4.79 Å². The van der Waals surface area contributed by atoms with Crippen molar-refractivity contribution in [3.05, 3.63) is 47.0 Å². The number of carbonyl (C=O) groups excluding carboxylic acids is 1. The summed E-state index contributed by atoms with van der Waals surface area (Å²) in [6, 6.07) is 9.21. The molecule has 0 saturated carbocycles. The summed E-state index contributed by atoms with van der Waals surface area (Å²) in [4.78, 5) is 12.1. The van der Waals surface area contributed by atoms with Crippen molar-refractivity contribution >= 4 is 5.97 Å². The van der Waals surface area contributed by atoms with Crippen LogP contribution in [0, 0.1) is 13.8 Å². The number of aryl methyl sites for hydroxylation is 1. The van der Waals surface area contributed by atoms with Crippen molar-refractivity contribution in [1.29, 1.82) is 0 Å². The van der Waals surface area contributed by atoms with Gasteiger partial charge in [0.2, 0.25) is 0 Å². The van der Waals surface area contributed by atoms with Gasteiger partial charge in [0.05, 0.1) is 14.2 Å². The lowest BCUT2D eigenvalue weighted by Gasteiger charge is -2.16. The van der Waals surface area contributed by atoms with Gasteiger partial charge in [-0.1, -0.05) is 18.2 Å². The summed E-state index contributed by atoms with van der Waals surface area (Å²) in [7, 11) is 2.86. The molecule has 0 unspecified atom stereocenters. The summed E-state index contributed by atoms with van der Waals surface area (Å²) in [5.74, 6) is 0.00423. The molecule has 110 valence electrons. The highest BCUT2D eigenvalue weighted by Gasteiger charge is 2.23. The first-order valence-corrected chi connectivity index (χ1v) is 6.56. The maximum Gasteiger partial charge on any atom is 0.342 e. The minimum atomic E-state index is -0.573. The van der Waals surface area contributed by atoms with Gasteiger partial charge in [-0.3, -0.25) is 0 Å². The Labute approximate surface area is 123 Å². The van der Waals surface area contributed by atoms with Gasteiger partial charge in [0.25, 0.3) is 0 Å². The van der Waals surface area contributed by atoms with Crippen LogP contribution < -0.4 is 4.74 Å². The van der Waals surface area contributed by atoms with Crippen LogP contribution in [0.1, 0.15) is 21.5 Å². The molecule has 0 aliphatic carbocycles. The number of carbonyl (C=O) groups is 1. The molecule has 0 heterocycles. The molecule has 4 nitrogen and oxygen atoms in total. The summed E-state index contributed by atoms with van der Waals surface area (Å²) in [6.07, 6.45) is 0. The molecule has 0 bridgehead atoms. The van der Waals surface area contributed by atoms with E-state index in [1.165, 1.54) is 7.11 Å². The normalized spacial score (nSPS) is 10.3. The summed E-state index contributed by atoms with van der Waals surface area (Å²) < 4.78 is 10.2. The van der Waals surface area contributed by atoms with Crippen LogP contribution in [0.4, 0.5) is 0 Å². The maximum atomic E-state index is 12.1. The average molecular weight is 286 g/mol. The Hall–Kier alpha value is -2.49. The molecule has 0 aromatic heterocycles. The summed E-state index contributed by atoms with van der Waals surface area (Å²) in [5.41, 5.74) is 3.04. The SMILES string of the molecule is COC(=O)c1c(-c2ccccc2OC)cc(C)c(C)c1O. The largest absolute Gasteiger partial charge is 0.507 e. The van der Waals surface area contributed by atoms with Crippen LogP contribution in [0.25, 0.3) is 11.1 Å². The number of rotatable bonds is 3. The smallest absolute Gasteiger partial charge is 0.342 e. The summed E-state index contributed by atoms with van der Waals surface area (Å²) in [6.45, 7) is 3.65. The summed E-state index contributed by atoms with van der Waals surface area (Å²) in [5, 5.41) is 10.3. The predicted octanol–water partition coefficient (Wildman–Crippen LogP) is 3.47. The lowest BCUT2D eigenvalue weighted by Crippen LogP contribution is -2.06. The van der Waals surface area contributed by atoms with Gasteiger partial charge in [0.15, 0.2) is 0 Å². The second-order valence-corrected chi connectivity index (χ2v) is 4.78. The molecular formula is C17H18O4. The van der Waals surface area contributed by atoms with Crippen molar-refractivity contribution in [2.45, 2.75) is 13.8 Å². The minimum Gasteiger partial charge on any atom is -0.507 e. The van der Waals surface area contributed by atoms with Gasteiger partial charge in [0, 0.05) is 11.1 Å². The second-order valence-electron chi connectivity index (χ2n) is 4.78. The number of ether oxygens (including phenoxy) is 2.